The maximum atomic E-state index is 5.43. The molecule has 0 atom stereocenters. The molecule has 0 saturated heterocycles. The molecule has 2 aromatic rings. The second-order valence-corrected chi connectivity index (χ2v) is 5.14. The summed E-state index contributed by atoms with van der Waals surface area (Å²) in [5, 5.41) is 3.80. The Labute approximate surface area is 107 Å². The highest BCUT2D eigenvalue weighted by Gasteiger charge is 2.07. The van der Waals surface area contributed by atoms with E-state index in [1.807, 2.05) is 18.2 Å². The van der Waals surface area contributed by atoms with Gasteiger partial charge in [-0.3, -0.25) is 0 Å². The molecule has 4 nitrogen and oxygen atoms in total. The molecule has 0 unspecified atom stereocenters. The Kier molecular flexibility index (Phi) is 3.22. The molecule has 0 radical (unpaired) electrons. The van der Waals surface area contributed by atoms with Gasteiger partial charge in [0.05, 0.1) is 5.69 Å². The van der Waals surface area contributed by atoms with Crippen molar-refractivity contribution in [2.24, 2.45) is 0 Å². The van der Waals surface area contributed by atoms with Gasteiger partial charge in [0.25, 0.3) is 0 Å². The van der Waals surface area contributed by atoms with E-state index in [0.29, 0.717) is 5.13 Å². The van der Waals surface area contributed by atoms with Crippen molar-refractivity contribution < 1.29 is 0 Å². The van der Waals surface area contributed by atoms with Crippen molar-refractivity contribution >= 4 is 60.2 Å². The Hall–Kier alpha value is -0.660. The zero-order chi connectivity index (χ0) is 10.8. The molecule has 0 aliphatic carbocycles. The number of halogens is 2. The zero-order valence-corrected chi connectivity index (χ0v) is 11.4. The summed E-state index contributed by atoms with van der Waals surface area (Å²) in [6.45, 7) is 0. The quantitative estimate of drug-likeness (QED) is 0.872. The van der Waals surface area contributed by atoms with E-state index in [1.54, 1.807) is 0 Å². The number of nitrogen functional groups attached to an aromatic ring is 1. The van der Waals surface area contributed by atoms with Gasteiger partial charge in [0.1, 0.15) is 0 Å². The van der Waals surface area contributed by atoms with Gasteiger partial charge in [-0.1, -0.05) is 6.07 Å². The maximum Gasteiger partial charge on any atom is 0.233 e. The minimum Gasteiger partial charge on any atom is -0.367 e. The van der Waals surface area contributed by atoms with E-state index in [-0.39, 0.29) is 5.95 Å². The lowest BCUT2D eigenvalue weighted by atomic mass is 10.3. The van der Waals surface area contributed by atoms with Crippen molar-refractivity contribution in [2.75, 3.05) is 11.1 Å². The first-order chi connectivity index (χ1) is 7.16. The fraction of sp³-hybridized carbons (Fsp3) is 0. The molecule has 0 saturated carbocycles. The molecule has 15 heavy (non-hydrogen) atoms. The van der Waals surface area contributed by atoms with Crippen LogP contribution in [-0.4, -0.2) is 9.36 Å². The van der Waals surface area contributed by atoms with Crippen molar-refractivity contribution in [3.05, 3.63) is 27.1 Å². The largest absolute Gasteiger partial charge is 0.367 e. The van der Waals surface area contributed by atoms with E-state index in [9.17, 15) is 0 Å². The van der Waals surface area contributed by atoms with E-state index in [4.69, 9.17) is 5.73 Å². The minimum atomic E-state index is 0.283. The molecular formula is C8H6Br2N4S. The number of benzene rings is 1. The van der Waals surface area contributed by atoms with Gasteiger partial charge in [-0.15, -0.1) is 0 Å². The van der Waals surface area contributed by atoms with Crippen LogP contribution in [-0.2, 0) is 0 Å². The van der Waals surface area contributed by atoms with Gasteiger partial charge in [0.15, 0.2) is 0 Å². The SMILES string of the molecule is Nc1nsc(Nc2c(Br)cccc2Br)n1. The molecule has 1 heterocycles. The van der Waals surface area contributed by atoms with Gasteiger partial charge in [0.2, 0.25) is 11.1 Å². The monoisotopic (exact) mass is 348 g/mol. The number of anilines is 3. The molecule has 1 aromatic carbocycles. The molecule has 78 valence electrons. The molecule has 3 N–H and O–H groups in total. The average Bonchev–Trinajstić information content (AvgIpc) is 2.58. The predicted octanol–water partition coefficient (Wildman–Crippen LogP) is 3.39. The predicted molar refractivity (Wildman–Crippen MR) is 69.4 cm³/mol. The van der Waals surface area contributed by atoms with E-state index >= 15 is 0 Å². The minimum absolute atomic E-state index is 0.283. The highest BCUT2D eigenvalue weighted by Crippen LogP contribution is 2.33. The molecule has 7 heteroatoms. The van der Waals surface area contributed by atoms with Crippen LogP contribution in [0.4, 0.5) is 16.8 Å². The molecular weight excluding hydrogens is 344 g/mol. The molecule has 1 aromatic heterocycles. The number of nitrogens with one attached hydrogen (secondary N) is 1. The Morgan fingerprint density at radius 3 is 2.47 bits per heavy atom. The van der Waals surface area contributed by atoms with Gasteiger partial charge in [-0.2, -0.15) is 9.36 Å². The number of para-hydroxylation sites is 1. The van der Waals surface area contributed by atoms with Crippen LogP contribution in [0.15, 0.2) is 27.1 Å². The number of hydrogen-bond acceptors (Lipinski definition) is 5. The molecule has 0 aliphatic heterocycles. The zero-order valence-electron chi connectivity index (χ0n) is 7.37. The maximum absolute atomic E-state index is 5.43. The Bertz CT molecular complexity index is 465. The fourth-order valence-electron chi connectivity index (χ4n) is 1.01. The second kappa shape index (κ2) is 4.46. The lowest BCUT2D eigenvalue weighted by molar-refractivity contribution is 1.33. The first-order valence-corrected chi connectivity index (χ1v) is 6.33. The highest BCUT2D eigenvalue weighted by atomic mass is 79.9. The molecule has 2 rings (SSSR count). The van der Waals surface area contributed by atoms with Crippen molar-refractivity contribution in [1.82, 2.24) is 9.36 Å². The Balaban J connectivity index is 2.31. The number of nitrogens with zero attached hydrogens (tertiary/aromatic N) is 2. The molecule has 0 bridgehead atoms. The van der Waals surface area contributed by atoms with Crippen LogP contribution in [0.2, 0.25) is 0 Å². The molecule has 0 fully saturated rings. The highest BCUT2D eigenvalue weighted by molar-refractivity contribution is 9.11. The number of nitrogens with two attached hydrogens (primary N) is 1. The summed E-state index contributed by atoms with van der Waals surface area (Å²) in [5.74, 6) is 0.283. The van der Waals surface area contributed by atoms with E-state index in [0.717, 1.165) is 14.6 Å². The lowest BCUT2D eigenvalue weighted by Gasteiger charge is -2.06. The van der Waals surface area contributed by atoms with Crippen LogP contribution in [0.1, 0.15) is 0 Å². The van der Waals surface area contributed by atoms with Crippen LogP contribution in [0.3, 0.4) is 0 Å². The van der Waals surface area contributed by atoms with Gasteiger partial charge < -0.3 is 11.1 Å². The van der Waals surface area contributed by atoms with Crippen LogP contribution < -0.4 is 11.1 Å². The topological polar surface area (TPSA) is 63.8 Å². The van der Waals surface area contributed by atoms with Gasteiger partial charge in [0, 0.05) is 20.5 Å². The Morgan fingerprint density at radius 2 is 1.93 bits per heavy atom. The summed E-state index contributed by atoms with van der Waals surface area (Å²) in [6.07, 6.45) is 0. The smallest absolute Gasteiger partial charge is 0.233 e. The fourth-order valence-corrected chi connectivity index (χ4v) is 2.71. The summed E-state index contributed by atoms with van der Waals surface area (Å²) >= 11 is 8.11. The normalized spacial score (nSPS) is 10.3. The van der Waals surface area contributed by atoms with E-state index in [2.05, 4.69) is 46.5 Å². The Morgan fingerprint density at radius 1 is 1.27 bits per heavy atom. The van der Waals surface area contributed by atoms with Crippen molar-refractivity contribution in [2.45, 2.75) is 0 Å². The first kappa shape index (κ1) is 10.8. The van der Waals surface area contributed by atoms with Crippen molar-refractivity contribution in [1.29, 1.82) is 0 Å². The molecule has 0 amide bonds. The average molecular weight is 350 g/mol. The van der Waals surface area contributed by atoms with E-state index in [1.165, 1.54) is 11.5 Å². The third-order valence-corrected chi connectivity index (χ3v) is 3.60. The van der Waals surface area contributed by atoms with Gasteiger partial charge in [-0.05, 0) is 44.0 Å². The van der Waals surface area contributed by atoms with Crippen LogP contribution in [0.25, 0.3) is 0 Å². The first-order valence-electron chi connectivity index (χ1n) is 3.97. The summed E-state index contributed by atoms with van der Waals surface area (Å²) in [6, 6.07) is 5.82. The summed E-state index contributed by atoms with van der Waals surface area (Å²) in [7, 11) is 0. The van der Waals surface area contributed by atoms with Crippen LogP contribution in [0.5, 0.6) is 0 Å². The third-order valence-electron chi connectivity index (χ3n) is 1.64. The van der Waals surface area contributed by atoms with Gasteiger partial charge >= 0.3 is 0 Å². The standard InChI is InChI=1S/C8H6Br2N4S/c9-4-2-1-3-5(10)6(4)12-8-13-7(11)14-15-8/h1-3H,(H3,11,12,13,14). The number of hydrogen-bond donors (Lipinski definition) is 2. The summed E-state index contributed by atoms with van der Waals surface area (Å²) in [4.78, 5) is 4.02. The summed E-state index contributed by atoms with van der Waals surface area (Å²) < 4.78 is 5.79. The van der Waals surface area contributed by atoms with E-state index < -0.39 is 0 Å². The van der Waals surface area contributed by atoms with Crippen LogP contribution >= 0.6 is 43.4 Å². The number of aromatic nitrogens is 2. The number of rotatable bonds is 2. The van der Waals surface area contributed by atoms with Crippen molar-refractivity contribution in [3.63, 3.8) is 0 Å². The van der Waals surface area contributed by atoms with Gasteiger partial charge in [-0.25, -0.2) is 0 Å². The molecule has 0 spiro atoms. The van der Waals surface area contributed by atoms with Crippen molar-refractivity contribution in [3.8, 4) is 0 Å². The van der Waals surface area contributed by atoms with Crippen LogP contribution in [0, 0.1) is 0 Å². The third kappa shape index (κ3) is 2.47. The molecule has 0 aliphatic rings. The second-order valence-electron chi connectivity index (χ2n) is 2.68. The summed E-state index contributed by atoms with van der Waals surface area (Å²) in [5.41, 5.74) is 6.34. The lowest BCUT2D eigenvalue weighted by Crippen LogP contribution is -1.93.